The third-order valence-electron chi connectivity index (χ3n) is 3.65. The van der Waals surface area contributed by atoms with Gasteiger partial charge in [0.1, 0.15) is 5.01 Å². The molecule has 2 heterocycles. The van der Waals surface area contributed by atoms with Crippen molar-refractivity contribution >= 4 is 17.0 Å². The van der Waals surface area contributed by atoms with E-state index in [-0.39, 0.29) is 6.04 Å². The first-order valence-corrected chi connectivity index (χ1v) is 7.52. The second-order valence-corrected chi connectivity index (χ2v) is 6.29. The van der Waals surface area contributed by atoms with Gasteiger partial charge in [0.25, 0.3) is 0 Å². The van der Waals surface area contributed by atoms with Crippen molar-refractivity contribution in [3.63, 3.8) is 0 Å². The molecule has 0 saturated carbocycles. The van der Waals surface area contributed by atoms with E-state index in [1.807, 2.05) is 13.1 Å². The fraction of sp³-hybridized carbons (Fsp3) is 0.400. The van der Waals surface area contributed by atoms with E-state index >= 15 is 0 Å². The van der Waals surface area contributed by atoms with Crippen LogP contribution in [0.5, 0.6) is 0 Å². The zero-order valence-corrected chi connectivity index (χ0v) is 12.2. The van der Waals surface area contributed by atoms with Crippen molar-refractivity contribution in [3.8, 4) is 10.6 Å². The zero-order chi connectivity index (χ0) is 13.4. The van der Waals surface area contributed by atoms with E-state index in [0.29, 0.717) is 0 Å². The number of hydrogen-bond acceptors (Lipinski definition) is 4. The summed E-state index contributed by atoms with van der Waals surface area (Å²) >= 11 is 1.70. The Morgan fingerprint density at radius 1 is 1.42 bits per heavy atom. The number of thiazole rings is 1. The van der Waals surface area contributed by atoms with Crippen LogP contribution in [0.25, 0.3) is 10.6 Å². The second kappa shape index (κ2) is 4.94. The Kier molecular flexibility index (Phi) is 3.29. The van der Waals surface area contributed by atoms with E-state index in [2.05, 4.69) is 35.1 Å². The van der Waals surface area contributed by atoms with Gasteiger partial charge in [-0.25, -0.2) is 4.98 Å². The Morgan fingerprint density at radius 3 is 3.00 bits per heavy atom. The van der Waals surface area contributed by atoms with Gasteiger partial charge < -0.3 is 10.6 Å². The van der Waals surface area contributed by atoms with Gasteiger partial charge in [-0.3, -0.25) is 0 Å². The van der Waals surface area contributed by atoms with Crippen molar-refractivity contribution < 1.29 is 0 Å². The monoisotopic (exact) mass is 273 g/mol. The zero-order valence-electron chi connectivity index (χ0n) is 11.4. The maximum atomic E-state index is 5.90. The maximum absolute atomic E-state index is 5.90. The lowest BCUT2D eigenvalue weighted by molar-refractivity contribution is 0.745. The number of nitrogens with zero attached hydrogens (tertiary/aromatic N) is 2. The van der Waals surface area contributed by atoms with Gasteiger partial charge in [-0.2, -0.15) is 0 Å². The highest BCUT2D eigenvalue weighted by atomic mass is 32.1. The molecule has 2 N–H and O–H groups in total. The van der Waals surface area contributed by atoms with Crippen molar-refractivity contribution in [2.45, 2.75) is 25.8 Å². The van der Waals surface area contributed by atoms with E-state index in [1.165, 1.54) is 29.7 Å². The third-order valence-corrected chi connectivity index (χ3v) is 4.90. The summed E-state index contributed by atoms with van der Waals surface area (Å²) < 4.78 is 0. The summed E-state index contributed by atoms with van der Waals surface area (Å²) in [5.74, 6) is 0. The largest absolute Gasteiger partial charge is 0.374 e. The predicted molar refractivity (Wildman–Crippen MR) is 81.7 cm³/mol. The Labute approximate surface area is 118 Å². The molecule has 0 spiro atoms. The molecule has 3 rings (SSSR count). The second-order valence-electron chi connectivity index (χ2n) is 5.23. The average Bonchev–Trinajstić information content (AvgIpc) is 2.88. The number of aryl methyl sites for hydroxylation is 1. The molecule has 1 atom stereocenters. The molecular formula is C15H19N3S. The summed E-state index contributed by atoms with van der Waals surface area (Å²) in [6, 6.07) is 6.74. The minimum atomic E-state index is 0.0648. The molecule has 0 fully saturated rings. The van der Waals surface area contributed by atoms with Gasteiger partial charge in [0, 0.05) is 42.0 Å². The molecule has 4 heteroatoms. The Balaban J connectivity index is 1.97. The first kappa shape index (κ1) is 12.6. The molecule has 1 aliphatic rings. The highest BCUT2D eigenvalue weighted by Gasteiger charge is 2.15. The first-order valence-electron chi connectivity index (χ1n) is 6.71. The van der Waals surface area contributed by atoms with Crippen LogP contribution in [-0.4, -0.2) is 18.6 Å². The number of fused-ring (bicyclic) bond motifs is 1. The van der Waals surface area contributed by atoms with Crippen molar-refractivity contribution in [2.24, 2.45) is 5.73 Å². The summed E-state index contributed by atoms with van der Waals surface area (Å²) in [6.07, 6.45) is 4.30. The fourth-order valence-electron chi connectivity index (χ4n) is 2.55. The molecule has 1 aromatic carbocycles. The molecule has 19 heavy (non-hydrogen) atoms. The Hall–Kier alpha value is -1.39. The van der Waals surface area contributed by atoms with Crippen LogP contribution in [0, 0.1) is 0 Å². The molecule has 1 aromatic heterocycles. The van der Waals surface area contributed by atoms with Crippen molar-refractivity contribution in [2.75, 3.05) is 18.5 Å². The smallest absolute Gasteiger partial charge is 0.123 e. The highest BCUT2D eigenvalue weighted by Crippen LogP contribution is 2.33. The van der Waals surface area contributed by atoms with Crippen LogP contribution in [0.2, 0.25) is 0 Å². The molecule has 1 unspecified atom stereocenters. The van der Waals surface area contributed by atoms with Gasteiger partial charge in [0.2, 0.25) is 0 Å². The lowest BCUT2D eigenvalue weighted by atomic mass is 10.00. The van der Waals surface area contributed by atoms with Gasteiger partial charge in [-0.1, -0.05) is 0 Å². The number of rotatable bonds is 2. The van der Waals surface area contributed by atoms with E-state index in [1.54, 1.807) is 11.3 Å². The molecule has 0 bridgehead atoms. The number of aromatic nitrogens is 1. The summed E-state index contributed by atoms with van der Waals surface area (Å²) in [4.78, 5) is 7.98. The molecule has 100 valence electrons. The number of benzene rings is 1. The molecule has 0 radical (unpaired) electrons. The molecule has 3 nitrogen and oxygen atoms in total. The van der Waals surface area contributed by atoms with Crippen LogP contribution in [0.1, 0.15) is 29.8 Å². The van der Waals surface area contributed by atoms with Crippen LogP contribution < -0.4 is 10.6 Å². The number of nitrogens with two attached hydrogens (primary N) is 1. The molecule has 1 aliphatic heterocycles. The van der Waals surface area contributed by atoms with Crippen molar-refractivity contribution in [3.05, 3.63) is 34.8 Å². The van der Waals surface area contributed by atoms with Crippen LogP contribution in [0.3, 0.4) is 0 Å². The summed E-state index contributed by atoms with van der Waals surface area (Å²) in [5.41, 5.74) is 9.91. The average molecular weight is 273 g/mol. The van der Waals surface area contributed by atoms with Crippen LogP contribution in [0.15, 0.2) is 24.4 Å². The third kappa shape index (κ3) is 2.38. The highest BCUT2D eigenvalue weighted by molar-refractivity contribution is 7.15. The minimum Gasteiger partial charge on any atom is -0.374 e. The molecule has 0 aliphatic carbocycles. The van der Waals surface area contributed by atoms with Crippen LogP contribution >= 0.6 is 11.3 Å². The fourth-order valence-corrected chi connectivity index (χ4v) is 3.41. The summed E-state index contributed by atoms with van der Waals surface area (Å²) in [6.45, 7) is 3.15. The van der Waals surface area contributed by atoms with E-state index < -0.39 is 0 Å². The lowest BCUT2D eigenvalue weighted by Gasteiger charge is -2.27. The topological polar surface area (TPSA) is 42.1 Å². The standard InChI is InChI=1S/C15H19N3S/c1-10(16)14-9-17-15(19-14)12-5-6-13-11(8-12)4-3-7-18(13)2/h5-6,8-10H,3-4,7,16H2,1-2H3. The Bertz CT molecular complexity index is 589. The predicted octanol–water partition coefficient (Wildman–Crippen LogP) is 3.21. The lowest BCUT2D eigenvalue weighted by Crippen LogP contribution is -2.24. The first-order chi connectivity index (χ1) is 9.15. The number of anilines is 1. The van der Waals surface area contributed by atoms with Crippen LogP contribution in [-0.2, 0) is 6.42 Å². The van der Waals surface area contributed by atoms with Gasteiger partial charge in [-0.15, -0.1) is 11.3 Å². The SMILES string of the molecule is CC(N)c1cnc(-c2ccc3c(c2)CCCN3C)s1. The quantitative estimate of drug-likeness (QED) is 0.913. The van der Waals surface area contributed by atoms with Crippen molar-refractivity contribution in [1.29, 1.82) is 0 Å². The van der Waals surface area contributed by atoms with Crippen LogP contribution in [0.4, 0.5) is 5.69 Å². The van der Waals surface area contributed by atoms with Gasteiger partial charge in [-0.05, 0) is 43.5 Å². The van der Waals surface area contributed by atoms with E-state index in [0.717, 1.165) is 16.4 Å². The maximum Gasteiger partial charge on any atom is 0.123 e. The molecule has 0 saturated heterocycles. The number of hydrogen-bond donors (Lipinski definition) is 1. The Morgan fingerprint density at radius 2 is 2.26 bits per heavy atom. The summed E-state index contributed by atoms with van der Waals surface area (Å²) in [5, 5.41) is 1.07. The minimum absolute atomic E-state index is 0.0648. The van der Waals surface area contributed by atoms with Crippen molar-refractivity contribution in [1.82, 2.24) is 4.98 Å². The van der Waals surface area contributed by atoms with Gasteiger partial charge in [0.05, 0.1) is 0 Å². The summed E-state index contributed by atoms with van der Waals surface area (Å²) in [7, 11) is 2.16. The molecule has 0 amide bonds. The van der Waals surface area contributed by atoms with Gasteiger partial charge in [0.15, 0.2) is 0 Å². The van der Waals surface area contributed by atoms with E-state index in [4.69, 9.17) is 5.73 Å². The molecule has 2 aromatic rings. The van der Waals surface area contributed by atoms with Gasteiger partial charge >= 0.3 is 0 Å². The normalized spacial score (nSPS) is 16.3. The van der Waals surface area contributed by atoms with E-state index in [9.17, 15) is 0 Å². The molecular weight excluding hydrogens is 254 g/mol.